The maximum Gasteiger partial charge on any atom is 0.221 e. The van der Waals surface area contributed by atoms with Crippen LogP contribution in [0.4, 0.5) is 11.4 Å². The van der Waals surface area contributed by atoms with E-state index >= 15 is 0 Å². The average Bonchev–Trinajstić information content (AvgIpc) is 2.60. The van der Waals surface area contributed by atoms with Gasteiger partial charge in [-0.05, 0) is 44.7 Å². The second-order valence-electron chi connectivity index (χ2n) is 5.12. The molecule has 4 heteroatoms. The summed E-state index contributed by atoms with van der Waals surface area (Å²) >= 11 is 0. The van der Waals surface area contributed by atoms with E-state index in [0.29, 0.717) is 12.1 Å². The van der Waals surface area contributed by atoms with Crippen molar-refractivity contribution in [3.8, 4) is 0 Å². The first kappa shape index (κ1) is 12.9. The Hall–Kier alpha value is -1.55. The fourth-order valence-electron chi connectivity index (χ4n) is 2.39. The van der Waals surface area contributed by atoms with Crippen LogP contribution in [0.25, 0.3) is 0 Å². The van der Waals surface area contributed by atoms with E-state index < -0.39 is 0 Å². The number of benzene rings is 1. The van der Waals surface area contributed by atoms with Crippen molar-refractivity contribution in [3.05, 3.63) is 24.3 Å². The fraction of sp³-hybridized carbons (Fsp3) is 0.500. The normalized spacial score (nSPS) is 23.9. The van der Waals surface area contributed by atoms with Crippen LogP contribution in [0.5, 0.6) is 0 Å². The van der Waals surface area contributed by atoms with Gasteiger partial charge in [-0.1, -0.05) is 0 Å². The summed E-state index contributed by atoms with van der Waals surface area (Å²) in [6.07, 6.45) is 1.17. The third-order valence-electron chi connectivity index (χ3n) is 3.46. The highest BCUT2D eigenvalue weighted by Gasteiger charge is 2.25. The minimum absolute atomic E-state index is 0.0399. The minimum Gasteiger partial charge on any atom is -0.381 e. The zero-order chi connectivity index (χ0) is 13.1. The number of hydrogen-bond acceptors (Lipinski definition) is 3. The second kappa shape index (κ2) is 5.40. The van der Waals surface area contributed by atoms with Crippen molar-refractivity contribution >= 4 is 17.3 Å². The van der Waals surface area contributed by atoms with Crippen LogP contribution in [-0.4, -0.2) is 36.5 Å². The number of anilines is 2. The van der Waals surface area contributed by atoms with Crippen LogP contribution in [-0.2, 0) is 4.79 Å². The Bertz CT molecular complexity index is 406. The molecule has 0 aliphatic carbocycles. The van der Waals surface area contributed by atoms with Crippen LogP contribution < -0.4 is 10.6 Å². The van der Waals surface area contributed by atoms with Gasteiger partial charge in [0.25, 0.3) is 0 Å². The van der Waals surface area contributed by atoms with Crippen LogP contribution in [0, 0.1) is 0 Å². The molecule has 2 atom stereocenters. The smallest absolute Gasteiger partial charge is 0.221 e. The molecular formula is C14H21N3O. The van der Waals surface area contributed by atoms with Crippen molar-refractivity contribution in [1.82, 2.24) is 4.90 Å². The number of hydrogen-bond donors (Lipinski definition) is 2. The van der Waals surface area contributed by atoms with Gasteiger partial charge < -0.3 is 15.5 Å². The number of amides is 1. The lowest BCUT2D eigenvalue weighted by atomic mass is 10.2. The molecule has 0 spiro atoms. The molecule has 1 aromatic carbocycles. The molecule has 1 saturated heterocycles. The number of rotatable bonds is 3. The van der Waals surface area contributed by atoms with Gasteiger partial charge >= 0.3 is 0 Å². The van der Waals surface area contributed by atoms with Crippen molar-refractivity contribution in [2.45, 2.75) is 32.4 Å². The Morgan fingerprint density at radius 2 is 1.89 bits per heavy atom. The van der Waals surface area contributed by atoms with E-state index in [1.54, 1.807) is 0 Å². The van der Waals surface area contributed by atoms with Crippen LogP contribution in [0.1, 0.15) is 20.3 Å². The molecule has 0 saturated carbocycles. The summed E-state index contributed by atoms with van der Waals surface area (Å²) in [5, 5.41) is 6.29. The summed E-state index contributed by atoms with van der Waals surface area (Å²) in [5.74, 6) is -0.0399. The molecule has 2 N–H and O–H groups in total. The second-order valence-corrected chi connectivity index (χ2v) is 5.12. The number of carbonyl (C=O) groups excluding carboxylic acids is 1. The Morgan fingerprint density at radius 1 is 1.28 bits per heavy atom. The summed E-state index contributed by atoms with van der Waals surface area (Å²) in [7, 11) is 2.16. The molecule has 0 bridgehead atoms. The lowest BCUT2D eigenvalue weighted by Gasteiger charge is -2.14. The zero-order valence-electron chi connectivity index (χ0n) is 11.2. The maximum absolute atomic E-state index is 10.9. The summed E-state index contributed by atoms with van der Waals surface area (Å²) < 4.78 is 0. The summed E-state index contributed by atoms with van der Waals surface area (Å²) in [5.41, 5.74) is 1.95. The fourth-order valence-corrected chi connectivity index (χ4v) is 2.39. The van der Waals surface area contributed by atoms with Gasteiger partial charge in [0.1, 0.15) is 0 Å². The summed E-state index contributed by atoms with van der Waals surface area (Å²) in [4.78, 5) is 13.3. The third-order valence-corrected chi connectivity index (χ3v) is 3.46. The molecular weight excluding hydrogens is 226 g/mol. The first-order chi connectivity index (χ1) is 8.54. The molecule has 18 heavy (non-hydrogen) atoms. The molecule has 1 aromatic rings. The predicted octanol–water partition coefficient (Wildman–Crippen LogP) is 2.15. The zero-order valence-corrected chi connectivity index (χ0v) is 11.2. The molecule has 1 fully saturated rings. The standard InChI is InChI=1S/C14H21N3O/c1-10-8-14(9-17(10)3)16-13-6-4-12(5-7-13)15-11(2)18/h4-7,10,14,16H,8-9H2,1-3H3,(H,15,18). The molecule has 0 radical (unpaired) electrons. The SMILES string of the molecule is CC(=O)Nc1ccc(NC2CC(C)N(C)C2)cc1. The monoisotopic (exact) mass is 247 g/mol. The van der Waals surface area contributed by atoms with Gasteiger partial charge in [0.2, 0.25) is 5.91 Å². The van der Waals surface area contributed by atoms with Crippen molar-refractivity contribution < 1.29 is 4.79 Å². The first-order valence-corrected chi connectivity index (χ1v) is 6.39. The van der Waals surface area contributed by atoms with E-state index in [9.17, 15) is 4.79 Å². The molecule has 98 valence electrons. The van der Waals surface area contributed by atoms with Gasteiger partial charge in [-0.2, -0.15) is 0 Å². The minimum atomic E-state index is -0.0399. The maximum atomic E-state index is 10.9. The predicted molar refractivity (Wildman–Crippen MR) is 74.9 cm³/mol. The largest absolute Gasteiger partial charge is 0.381 e. The number of likely N-dealkylation sites (tertiary alicyclic amines) is 1. The lowest BCUT2D eigenvalue weighted by Crippen LogP contribution is -2.24. The number of likely N-dealkylation sites (N-methyl/N-ethyl adjacent to an activating group) is 1. The highest BCUT2D eigenvalue weighted by atomic mass is 16.1. The van der Waals surface area contributed by atoms with Crippen molar-refractivity contribution in [2.24, 2.45) is 0 Å². The first-order valence-electron chi connectivity index (χ1n) is 6.39. The van der Waals surface area contributed by atoms with Crippen LogP contribution in [0.15, 0.2) is 24.3 Å². The highest BCUT2D eigenvalue weighted by Crippen LogP contribution is 2.20. The van der Waals surface area contributed by atoms with Crippen LogP contribution in [0.2, 0.25) is 0 Å². The van der Waals surface area contributed by atoms with Crippen molar-refractivity contribution in [1.29, 1.82) is 0 Å². The molecule has 0 aromatic heterocycles. The molecule has 2 unspecified atom stereocenters. The number of carbonyl (C=O) groups is 1. The topological polar surface area (TPSA) is 44.4 Å². The van der Waals surface area contributed by atoms with Crippen molar-refractivity contribution in [2.75, 3.05) is 24.2 Å². The van der Waals surface area contributed by atoms with Gasteiger partial charge in [0.05, 0.1) is 0 Å². The van der Waals surface area contributed by atoms with Crippen molar-refractivity contribution in [3.63, 3.8) is 0 Å². The molecule has 1 heterocycles. The number of nitrogens with zero attached hydrogens (tertiary/aromatic N) is 1. The Balaban J connectivity index is 1.92. The highest BCUT2D eigenvalue weighted by molar-refractivity contribution is 5.88. The van der Waals surface area contributed by atoms with E-state index in [-0.39, 0.29) is 5.91 Å². The van der Waals surface area contributed by atoms with Gasteiger partial charge in [0, 0.05) is 36.9 Å². The quantitative estimate of drug-likeness (QED) is 0.860. The Labute approximate surface area is 108 Å². The van der Waals surface area contributed by atoms with E-state index in [1.165, 1.54) is 13.3 Å². The number of nitrogens with one attached hydrogen (secondary N) is 2. The van der Waals surface area contributed by atoms with Gasteiger partial charge in [0.15, 0.2) is 0 Å². The van der Waals surface area contributed by atoms with E-state index in [0.717, 1.165) is 17.9 Å². The van der Waals surface area contributed by atoms with Gasteiger partial charge in [-0.15, -0.1) is 0 Å². The lowest BCUT2D eigenvalue weighted by molar-refractivity contribution is -0.114. The average molecular weight is 247 g/mol. The Kier molecular flexibility index (Phi) is 3.87. The van der Waals surface area contributed by atoms with Crippen LogP contribution >= 0.6 is 0 Å². The molecule has 1 aliphatic rings. The molecule has 2 rings (SSSR count). The summed E-state index contributed by atoms with van der Waals surface area (Å²) in [6, 6.07) is 9.01. The molecule has 1 amide bonds. The van der Waals surface area contributed by atoms with Gasteiger partial charge in [-0.3, -0.25) is 4.79 Å². The van der Waals surface area contributed by atoms with E-state index in [2.05, 4.69) is 29.5 Å². The van der Waals surface area contributed by atoms with Crippen LogP contribution in [0.3, 0.4) is 0 Å². The van der Waals surface area contributed by atoms with E-state index in [1.807, 2.05) is 24.3 Å². The molecule has 4 nitrogen and oxygen atoms in total. The van der Waals surface area contributed by atoms with E-state index in [4.69, 9.17) is 0 Å². The third kappa shape index (κ3) is 3.23. The Morgan fingerprint density at radius 3 is 2.39 bits per heavy atom. The molecule has 1 aliphatic heterocycles. The summed E-state index contributed by atoms with van der Waals surface area (Å²) in [6.45, 7) is 4.85. The van der Waals surface area contributed by atoms with Gasteiger partial charge in [-0.25, -0.2) is 0 Å².